The first-order valence-electron chi connectivity index (χ1n) is 4.75. The Morgan fingerprint density at radius 3 is 2.86 bits per heavy atom. The van der Waals surface area contributed by atoms with Crippen LogP contribution in [0, 0.1) is 5.92 Å². The molecule has 0 bridgehead atoms. The molecule has 1 aromatic carbocycles. The van der Waals surface area contributed by atoms with Crippen LogP contribution < -0.4 is 5.32 Å². The van der Waals surface area contributed by atoms with Gasteiger partial charge in [-0.3, -0.25) is 4.79 Å². The summed E-state index contributed by atoms with van der Waals surface area (Å²) in [5, 5.41) is 3.17. The average molecular weight is 254 g/mol. The van der Waals surface area contributed by atoms with E-state index in [0.29, 0.717) is 12.3 Å². The van der Waals surface area contributed by atoms with E-state index in [1.807, 2.05) is 24.3 Å². The van der Waals surface area contributed by atoms with Gasteiger partial charge in [0.1, 0.15) is 0 Å². The lowest BCUT2D eigenvalue weighted by Crippen LogP contribution is -2.42. The summed E-state index contributed by atoms with van der Waals surface area (Å²) in [5.74, 6) is 0.791. The number of rotatable bonds is 3. The maximum Gasteiger partial charge on any atom is 0.163 e. The van der Waals surface area contributed by atoms with Crippen molar-refractivity contribution in [2.75, 3.05) is 13.1 Å². The maximum absolute atomic E-state index is 11.8. The Kier molecular flexibility index (Phi) is 2.99. The second kappa shape index (κ2) is 4.24. The van der Waals surface area contributed by atoms with Gasteiger partial charge in [-0.15, -0.1) is 0 Å². The van der Waals surface area contributed by atoms with Crippen LogP contribution in [0.5, 0.6) is 0 Å². The molecule has 1 fully saturated rings. The Hall–Kier alpha value is -0.670. The summed E-state index contributed by atoms with van der Waals surface area (Å²) in [6, 6.07) is 7.59. The van der Waals surface area contributed by atoms with E-state index in [1.54, 1.807) is 0 Å². The highest BCUT2D eigenvalue weighted by molar-refractivity contribution is 9.10. The predicted molar refractivity (Wildman–Crippen MR) is 59.4 cm³/mol. The molecule has 0 spiro atoms. The first-order valence-corrected chi connectivity index (χ1v) is 5.54. The quantitative estimate of drug-likeness (QED) is 0.838. The van der Waals surface area contributed by atoms with Crippen LogP contribution in [0.1, 0.15) is 16.8 Å². The minimum atomic E-state index is 0.248. The van der Waals surface area contributed by atoms with Gasteiger partial charge in [0.05, 0.1) is 0 Å². The number of hydrogen-bond donors (Lipinski definition) is 1. The van der Waals surface area contributed by atoms with Gasteiger partial charge >= 0.3 is 0 Å². The van der Waals surface area contributed by atoms with Crippen LogP contribution in [0.3, 0.4) is 0 Å². The molecule has 1 aromatic rings. The number of halogens is 1. The van der Waals surface area contributed by atoms with Gasteiger partial charge in [-0.25, -0.2) is 0 Å². The third kappa shape index (κ3) is 2.22. The van der Waals surface area contributed by atoms with Crippen molar-refractivity contribution in [3.63, 3.8) is 0 Å². The molecule has 0 saturated carbocycles. The standard InChI is InChI=1S/C11H12BrNO/c12-10-3-1-2-9(5-10)11(14)4-8-6-13-7-8/h1-3,5,8,13H,4,6-7H2. The summed E-state index contributed by atoms with van der Waals surface area (Å²) < 4.78 is 0.968. The molecule has 2 nitrogen and oxygen atoms in total. The molecule has 1 heterocycles. The van der Waals surface area contributed by atoms with Crippen LogP contribution in [-0.2, 0) is 0 Å². The van der Waals surface area contributed by atoms with E-state index in [4.69, 9.17) is 0 Å². The molecule has 0 aliphatic carbocycles. The van der Waals surface area contributed by atoms with Crippen LogP contribution in [0.4, 0.5) is 0 Å². The highest BCUT2D eigenvalue weighted by Crippen LogP contribution is 2.16. The van der Waals surface area contributed by atoms with Crippen molar-refractivity contribution in [2.24, 2.45) is 5.92 Å². The van der Waals surface area contributed by atoms with Crippen LogP contribution in [0.25, 0.3) is 0 Å². The molecule has 0 radical (unpaired) electrons. The second-order valence-electron chi connectivity index (χ2n) is 3.66. The second-order valence-corrected chi connectivity index (χ2v) is 4.58. The highest BCUT2D eigenvalue weighted by Gasteiger charge is 2.20. The summed E-state index contributed by atoms with van der Waals surface area (Å²) in [5.41, 5.74) is 0.811. The zero-order valence-electron chi connectivity index (χ0n) is 7.79. The van der Waals surface area contributed by atoms with Crippen LogP contribution >= 0.6 is 15.9 Å². The maximum atomic E-state index is 11.8. The fraction of sp³-hybridized carbons (Fsp3) is 0.364. The van der Waals surface area contributed by atoms with E-state index < -0.39 is 0 Å². The van der Waals surface area contributed by atoms with E-state index in [1.165, 1.54) is 0 Å². The summed E-state index contributed by atoms with van der Waals surface area (Å²) >= 11 is 3.36. The molecule has 74 valence electrons. The van der Waals surface area contributed by atoms with Gasteiger partial charge in [0.25, 0.3) is 0 Å². The number of carbonyl (C=O) groups excluding carboxylic acids is 1. The smallest absolute Gasteiger partial charge is 0.163 e. The Morgan fingerprint density at radius 1 is 1.50 bits per heavy atom. The van der Waals surface area contributed by atoms with Crippen molar-refractivity contribution in [1.82, 2.24) is 5.32 Å². The molecule has 1 N–H and O–H groups in total. The van der Waals surface area contributed by atoms with Gasteiger partial charge in [0, 0.05) is 16.5 Å². The van der Waals surface area contributed by atoms with Crippen molar-refractivity contribution in [3.8, 4) is 0 Å². The lowest BCUT2D eigenvalue weighted by molar-refractivity contribution is 0.0945. The van der Waals surface area contributed by atoms with Crippen molar-refractivity contribution in [1.29, 1.82) is 0 Å². The topological polar surface area (TPSA) is 29.1 Å². The summed E-state index contributed by atoms with van der Waals surface area (Å²) in [7, 11) is 0. The lowest BCUT2D eigenvalue weighted by Gasteiger charge is -2.26. The predicted octanol–water partition coefficient (Wildman–Crippen LogP) is 2.24. The normalized spacial score (nSPS) is 16.4. The molecule has 0 unspecified atom stereocenters. The fourth-order valence-electron chi connectivity index (χ4n) is 1.53. The molecule has 1 saturated heterocycles. The number of ketones is 1. The molecule has 0 aromatic heterocycles. The lowest BCUT2D eigenvalue weighted by atomic mass is 9.94. The van der Waals surface area contributed by atoms with Crippen molar-refractivity contribution < 1.29 is 4.79 Å². The zero-order valence-corrected chi connectivity index (χ0v) is 9.38. The molecule has 0 amide bonds. The molecule has 3 heteroatoms. The van der Waals surface area contributed by atoms with Gasteiger partial charge in [-0.1, -0.05) is 28.1 Å². The molecule has 1 aliphatic heterocycles. The molecule has 1 aliphatic rings. The van der Waals surface area contributed by atoms with Crippen molar-refractivity contribution in [3.05, 3.63) is 34.3 Å². The summed E-state index contributed by atoms with van der Waals surface area (Å²) in [4.78, 5) is 11.8. The number of benzene rings is 1. The number of nitrogens with one attached hydrogen (secondary N) is 1. The third-order valence-corrected chi connectivity index (χ3v) is 2.98. The first kappa shape index (κ1) is 9.87. The SMILES string of the molecule is O=C(CC1CNC1)c1cccc(Br)c1. The third-order valence-electron chi connectivity index (χ3n) is 2.49. The Morgan fingerprint density at radius 2 is 2.29 bits per heavy atom. The molecule has 2 rings (SSSR count). The molecular weight excluding hydrogens is 242 g/mol. The van der Waals surface area contributed by atoms with Gasteiger partial charge in [-0.2, -0.15) is 0 Å². The van der Waals surface area contributed by atoms with E-state index in [0.717, 1.165) is 23.1 Å². The van der Waals surface area contributed by atoms with E-state index in [2.05, 4.69) is 21.2 Å². The Labute approximate surface area is 91.8 Å². The Balaban J connectivity index is 2.02. The molecule has 0 atom stereocenters. The van der Waals surface area contributed by atoms with E-state index in [9.17, 15) is 4.79 Å². The monoisotopic (exact) mass is 253 g/mol. The summed E-state index contributed by atoms with van der Waals surface area (Å²) in [6.45, 7) is 1.97. The first-order chi connectivity index (χ1) is 6.75. The van der Waals surface area contributed by atoms with E-state index in [-0.39, 0.29) is 5.78 Å². The minimum absolute atomic E-state index is 0.248. The van der Waals surface area contributed by atoms with Crippen LogP contribution in [0.15, 0.2) is 28.7 Å². The average Bonchev–Trinajstić information content (AvgIpc) is 2.11. The number of carbonyl (C=O) groups is 1. The highest BCUT2D eigenvalue weighted by atomic mass is 79.9. The van der Waals surface area contributed by atoms with Crippen molar-refractivity contribution in [2.45, 2.75) is 6.42 Å². The number of Topliss-reactive ketones (excluding diaryl/α,β-unsaturated/α-hetero) is 1. The van der Waals surface area contributed by atoms with Gasteiger partial charge in [0.15, 0.2) is 5.78 Å². The zero-order chi connectivity index (χ0) is 9.97. The molecule has 14 heavy (non-hydrogen) atoms. The fourth-order valence-corrected chi connectivity index (χ4v) is 1.93. The van der Waals surface area contributed by atoms with Crippen LogP contribution in [0.2, 0.25) is 0 Å². The van der Waals surface area contributed by atoms with Gasteiger partial charge in [0.2, 0.25) is 0 Å². The Bertz CT molecular complexity index is 347. The number of hydrogen-bond acceptors (Lipinski definition) is 2. The van der Waals surface area contributed by atoms with Gasteiger partial charge in [-0.05, 0) is 31.1 Å². The molecular formula is C11H12BrNO. The summed E-state index contributed by atoms with van der Waals surface area (Å²) in [6.07, 6.45) is 0.670. The van der Waals surface area contributed by atoms with Gasteiger partial charge < -0.3 is 5.32 Å². The van der Waals surface area contributed by atoms with Crippen molar-refractivity contribution >= 4 is 21.7 Å². The van der Waals surface area contributed by atoms with Crippen LogP contribution in [-0.4, -0.2) is 18.9 Å². The van der Waals surface area contributed by atoms with E-state index >= 15 is 0 Å². The minimum Gasteiger partial charge on any atom is -0.316 e. The largest absolute Gasteiger partial charge is 0.316 e.